The van der Waals surface area contributed by atoms with E-state index in [0.29, 0.717) is 17.1 Å². The molecule has 1 N–H and O–H groups in total. The molecule has 0 spiro atoms. The topological polar surface area (TPSA) is 87.8 Å². The largest absolute Gasteiger partial charge is 0.478 e. The van der Waals surface area contributed by atoms with Crippen LogP contribution in [-0.4, -0.2) is 27.1 Å². The number of amides is 2. The van der Waals surface area contributed by atoms with Crippen molar-refractivity contribution in [3.8, 4) is 11.3 Å². The minimum atomic E-state index is -1.14. The van der Waals surface area contributed by atoms with E-state index in [2.05, 4.69) is 0 Å². The third kappa shape index (κ3) is 4.11. The lowest BCUT2D eigenvalue weighted by Gasteiger charge is -2.14. The van der Waals surface area contributed by atoms with Gasteiger partial charge in [-0.15, -0.1) is 0 Å². The lowest BCUT2D eigenvalue weighted by molar-refractivity contribution is -0.123. The van der Waals surface area contributed by atoms with Gasteiger partial charge in [0, 0.05) is 11.6 Å². The first-order chi connectivity index (χ1) is 16.4. The first-order valence-electron chi connectivity index (χ1n) is 10.3. The van der Waals surface area contributed by atoms with Crippen LogP contribution < -0.4 is 0 Å². The SMILES string of the molecule is O=C(O)c1cc(-c2ccc(/C=C3\SC(=O)N(Cc4cccc5ccccc45)C3=O)o2)ccc1Cl. The second-order valence-electron chi connectivity index (χ2n) is 7.61. The Hall–Kier alpha value is -3.81. The fourth-order valence-corrected chi connectivity index (χ4v) is 4.81. The van der Waals surface area contributed by atoms with Gasteiger partial charge in [0.25, 0.3) is 11.1 Å². The zero-order chi connectivity index (χ0) is 23.8. The number of rotatable bonds is 5. The summed E-state index contributed by atoms with van der Waals surface area (Å²) in [6, 6.07) is 21.5. The number of imide groups is 1. The van der Waals surface area contributed by atoms with Crippen molar-refractivity contribution in [3.63, 3.8) is 0 Å². The van der Waals surface area contributed by atoms with E-state index in [1.54, 1.807) is 18.2 Å². The summed E-state index contributed by atoms with van der Waals surface area (Å²) in [7, 11) is 0. The van der Waals surface area contributed by atoms with Crippen molar-refractivity contribution < 1.29 is 23.9 Å². The number of hydrogen-bond acceptors (Lipinski definition) is 5. The molecule has 168 valence electrons. The smallest absolute Gasteiger partial charge is 0.337 e. The molecular weight excluding hydrogens is 474 g/mol. The monoisotopic (exact) mass is 489 g/mol. The fourth-order valence-electron chi connectivity index (χ4n) is 3.79. The van der Waals surface area contributed by atoms with Crippen LogP contribution in [0, 0.1) is 0 Å². The molecule has 0 saturated carbocycles. The molecule has 1 saturated heterocycles. The lowest BCUT2D eigenvalue weighted by Crippen LogP contribution is -2.27. The molecule has 1 aliphatic heterocycles. The van der Waals surface area contributed by atoms with Crippen LogP contribution in [0.1, 0.15) is 21.7 Å². The number of hydrogen-bond donors (Lipinski definition) is 1. The highest BCUT2D eigenvalue weighted by Gasteiger charge is 2.35. The maximum atomic E-state index is 13.0. The average molecular weight is 490 g/mol. The van der Waals surface area contributed by atoms with Gasteiger partial charge in [-0.25, -0.2) is 4.79 Å². The van der Waals surface area contributed by atoms with E-state index in [4.69, 9.17) is 16.0 Å². The second-order valence-corrected chi connectivity index (χ2v) is 9.01. The minimum Gasteiger partial charge on any atom is -0.478 e. The third-order valence-corrected chi connectivity index (χ3v) is 6.70. The summed E-state index contributed by atoms with van der Waals surface area (Å²) >= 11 is 6.79. The van der Waals surface area contributed by atoms with Gasteiger partial charge in [0.2, 0.25) is 0 Å². The summed E-state index contributed by atoms with van der Waals surface area (Å²) < 4.78 is 5.79. The molecular formula is C26H16ClNO5S. The van der Waals surface area contributed by atoms with Gasteiger partial charge in [-0.2, -0.15) is 0 Å². The highest BCUT2D eigenvalue weighted by molar-refractivity contribution is 8.18. The number of thioether (sulfide) groups is 1. The molecule has 1 aromatic heterocycles. The summed E-state index contributed by atoms with van der Waals surface area (Å²) in [4.78, 5) is 38.4. The van der Waals surface area contributed by atoms with Crippen LogP contribution in [0.2, 0.25) is 5.02 Å². The molecule has 0 radical (unpaired) electrons. The van der Waals surface area contributed by atoms with E-state index in [-0.39, 0.29) is 33.2 Å². The van der Waals surface area contributed by atoms with Gasteiger partial charge in [-0.1, -0.05) is 54.1 Å². The van der Waals surface area contributed by atoms with E-state index < -0.39 is 5.97 Å². The van der Waals surface area contributed by atoms with Gasteiger partial charge in [0.15, 0.2) is 0 Å². The molecule has 5 rings (SSSR count). The first kappa shape index (κ1) is 22.0. The zero-order valence-electron chi connectivity index (χ0n) is 17.5. The molecule has 1 aliphatic rings. The predicted octanol–water partition coefficient (Wildman–Crippen LogP) is 6.69. The maximum absolute atomic E-state index is 13.0. The van der Waals surface area contributed by atoms with E-state index in [1.165, 1.54) is 23.1 Å². The van der Waals surface area contributed by atoms with Crippen molar-refractivity contribution in [1.82, 2.24) is 4.90 Å². The number of furan rings is 1. The molecule has 2 heterocycles. The molecule has 34 heavy (non-hydrogen) atoms. The average Bonchev–Trinajstić information content (AvgIpc) is 3.39. The maximum Gasteiger partial charge on any atom is 0.337 e. The van der Waals surface area contributed by atoms with Gasteiger partial charge in [-0.3, -0.25) is 14.5 Å². The van der Waals surface area contributed by atoms with Crippen LogP contribution in [0.25, 0.3) is 28.2 Å². The second kappa shape index (κ2) is 8.85. The summed E-state index contributed by atoms with van der Waals surface area (Å²) in [5.41, 5.74) is 1.39. The Labute approximate surface area is 203 Å². The third-order valence-electron chi connectivity index (χ3n) is 5.46. The predicted molar refractivity (Wildman–Crippen MR) is 132 cm³/mol. The molecule has 0 bridgehead atoms. The quantitative estimate of drug-likeness (QED) is 0.314. The molecule has 3 aromatic carbocycles. The van der Waals surface area contributed by atoms with Gasteiger partial charge in [-0.05, 0) is 58.4 Å². The number of carbonyl (C=O) groups is 3. The zero-order valence-corrected chi connectivity index (χ0v) is 19.1. The summed E-state index contributed by atoms with van der Waals surface area (Å²) in [6.07, 6.45) is 1.52. The summed E-state index contributed by atoms with van der Waals surface area (Å²) in [5.74, 6) is -0.739. The molecule has 0 atom stereocenters. The van der Waals surface area contributed by atoms with E-state index in [0.717, 1.165) is 28.1 Å². The van der Waals surface area contributed by atoms with Crippen LogP contribution >= 0.6 is 23.4 Å². The fraction of sp³-hybridized carbons (Fsp3) is 0.0385. The molecule has 8 heteroatoms. The van der Waals surface area contributed by atoms with Crippen molar-refractivity contribution in [2.75, 3.05) is 0 Å². The Morgan fingerprint density at radius 1 is 1.03 bits per heavy atom. The number of halogens is 1. The molecule has 4 aromatic rings. The lowest BCUT2D eigenvalue weighted by atomic mass is 10.0. The standard InChI is InChI=1S/C26H16ClNO5S/c27-21-10-8-16(12-20(21)25(30)31)22-11-9-18(33-22)13-23-24(29)28(26(32)34-23)14-17-6-3-5-15-4-1-2-7-19(15)17/h1-13H,14H2,(H,30,31)/b23-13-. The number of carbonyl (C=O) groups excluding carboxylic acids is 2. The van der Waals surface area contributed by atoms with Crippen LogP contribution in [0.3, 0.4) is 0 Å². The van der Waals surface area contributed by atoms with Gasteiger partial charge >= 0.3 is 5.97 Å². The van der Waals surface area contributed by atoms with E-state index >= 15 is 0 Å². The van der Waals surface area contributed by atoms with Crippen LogP contribution in [0.15, 0.2) is 82.1 Å². The molecule has 2 amide bonds. The van der Waals surface area contributed by atoms with Gasteiger partial charge < -0.3 is 9.52 Å². The van der Waals surface area contributed by atoms with Crippen molar-refractivity contribution in [2.24, 2.45) is 0 Å². The molecule has 0 unspecified atom stereocenters. The Bertz CT molecular complexity index is 1500. The number of benzene rings is 3. The van der Waals surface area contributed by atoms with Crippen molar-refractivity contribution in [1.29, 1.82) is 0 Å². The number of fused-ring (bicyclic) bond motifs is 1. The summed E-state index contributed by atoms with van der Waals surface area (Å²) in [5, 5.41) is 11.1. The van der Waals surface area contributed by atoms with Crippen LogP contribution in [-0.2, 0) is 11.3 Å². The van der Waals surface area contributed by atoms with Crippen molar-refractivity contribution >= 4 is 57.3 Å². The van der Waals surface area contributed by atoms with E-state index in [1.807, 2.05) is 42.5 Å². The molecule has 1 fully saturated rings. The summed E-state index contributed by atoms with van der Waals surface area (Å²) in [6.45, 7) is 0.176. The Balaban J connectivity index is 1.39. The van der Waals surface area contributed by atoms with Crippen molar-refractivity contribution in [3.05, 3.63) is 99.6 Å². The van der Waals surface area contributed by atoms with Gasteiger partial charge in [0.1, 0.15) is 11.5 Å². The van der Waals surface area contributed by atoms with Crippen LogP contribution in [0.5, 0.6) is 0 Å². The number of carboxylic acids is 1. The normalized spacial score (nSPS) is 15.0. The Kier molecular flexibility index (Phi) is 5.73. The first-order valence-corrected chi connectivity index (χ1v) is 11.5. The molecule has 6 nitrogen and oxygen atoms in total. The number of aromatic carboxylic acids is 1. The van der Waals surface area contributed by atoms with Crippen molar-refractivity contribution in [2.45, 2.75) is 6.54 Å². The number of nitrogens with zero attached hydrogens (tertiary/aromatic N) is 1. The number of carboxylic acid groups (broad SMARTS) is 1. The Morgan fingerprint density at radius 2 is 1.82 bits per heavy atom. The van der Waals surface area contributed by atoms with E-state index in [9.17, 15) is 19.5 Å². The highest BCUT2D eigenvalue weighted by Crippen LogP contribution is 2.35. The highest BCUT2D eigenvalue weighted by atomic mass is 35.5. The minimum absolute atomic E-state index is 0.0355. The van der Waals surface area contributed by atoms with Gasteiger partial charge in [0.05, 0.1) is 22.0 Å². The van der Waals surface area contributed by atoms with Crippen LogP contribution in [0.4, 0.5) is 4.79 Å². The Morgan fingerprint density at radius 3 is 2.65 bits per heavy atom. The molecule has 0 aliphatic carbocycles.